The molecule has 0 saturated carbocycles. The Hall–Kier alpha value is -1.60. The van der Waals surface area contributed by atoms with Gasteiger partial charge in [-0.2, -0.15) is 4.31 Å². The zero-order valence-electron chi connectivity index (χ0n) is 14.9. The molecule has 1 heterocycles. The van der Waals surface area contributed by atoms with Crippen LogP contribution in [0.4, 0.5) is 0 Å². The Labute approximate surface area is 159 Å². The molecule has 0 saturated heterocycles. The summed E-state index contributed by atoms with van der Waals surface area (Å²) in [4.78, 5) is 0.149. The molecule has 7 heteroatoms. The number of nitrogens with zero attached hydrogens (tertiary/aromatic N) is 1. The van der Waals surface area contributed by atoms with Crippen molar-refractivity contribution in [2.45, 2.75) is 31.2 Å². The predicted octanol–water partition coefficient (Wildman–Crippen LogP) is 4.04. The smallest absolute Gasteiger partial charge is 0.243 e. The number of aliphatic hydroxyl groups is 1. The van der Waals surface area contributed by atoms with Crippen LogP contribution >= 0.6 is 11.6 Å². The molecular formula is C19H24ClNO4S. The molecule has 1 aromatic carbocycles. The van der Waals surface area contributed by atoms with Gasteiger partial charge in [-0.05, 0) is 54.8 Å². The minimum absolute atomic E-state index is 0.129. The summed E-state index contributed by atoms with van der Waals surface area (Å²) in [5, 5.41) is 10.3. The highest BCUT2D eigenvalue weighted by atomic mass is 35.5. The lowest BCUT2D eigenvalue weighted by molar-refractivity contribution is 0.175. The second-order valence-corrected chi connectivity index (χ2v) is 8.74. The molecule has 142 valence electrons. The third-order valence-corrected chi connectivity index (χ3v) is 6.08. The minimum atomic E-state index is -3.78. The number of benzene rings is 1. The van der Waals surface area contributed by atoms with Gasteiger partial charge in [0.2, 0.25) is 10.0 Å². The molecule has 0 amide bonds. The van der Waals surface area contributed by atoms with Crippen molar-refractivity contribution in [1.82, 2.24) is 4.31 Å². The number of sulfonamides is 1. The van der Waals surface area contributed by atoms with E-state index >= 15 is 0 Å². The van der Waals surface area contributed by atoms with Crippen LogP contribution in [-0.4, -0.2) is 37.0 Å². The lowest BCUT2D eigenvalue weighted by atomic mass is 10.0. The van der Waals surface area contributed by atoms with Gasteiger partial charge >= 0.3 is 0 Å². The van der Waals surface area contributed by atoms with Crippen molar-refractivity contribution in [1.29, 1.82) is 0 Å². The topological polar surface area (TPSA) is 70.8 Å². The van der Waals surface area contributed by atoms with Crippen molar-refractivity contribution < 1.29 is 17.9 Å². The summed E-state index contributed by atoms with van der Waals surface area (Å²) in [5.74, 6) is 0.877. The van der Waals surface area contributed by atoms with Gasteiger partial charge in [0.1, 0.15) is 5.76 Å². The molecule has 1 aromatic heterocycles. The zero-order chi connectivity index (χ0) is 19.2. The van der Waals surface area contributed by atoms with Gasteiger partial charge in [0.05, 0.1) is 17.8 Å². The maximum Gasteiger partial charge on any atom is 0.243 e. The fourth-order valence-electron chi connectivity index (χ4n) is 2.67. The molecule has 0 aliphatic carbocycles. The Balaban J connectivity index is 2.32. The fourth-order valence-corrected chi connectivity index (χ4v) is 4.38. The van der Waals surface area contributed by atoms with Crippen molar-refractivity contribution in [3.8, 4) is 0 Å². The van der Waals surface area contributed by atoms with Crippen LogP contribution in [0.25, 0.3) is 6.08 Å². The summed E-state index contributed by atoms with van der Waals surface area (Å²) in [6.07, 6.45) is 5.54. The first-order valence-electron chi connectivity index (χ1n) is 8.43. The first kappa shape index (κ1) is 20.7. The summed E-state index contributed by atoms with van der Waals surface area (Å²) >= 11 is 5.87. The van der Waals surface area contributed by atoms with Crippen LogP contribution in [-0.2, 0) is 10.0 Å². The van der Waals surface area contributed by atoms with Crippen molar-refractivity contribution in [2.24, 2.45) is 5.92 Å². The standard InChI is InChI=1S/C19H24ClNO4S/c1-15(2)13-17(14-22)21(11-3-5-18-6-4-12-25-18)26(23,24)19-9-7-16(20)8-10-19/h3-10,12,15,17,22H,11,13-14H2,1-2H3/t17-/m1/s1. The van der Waals surface area contributed by atoms with Crippen LogP contribution in [0.5, 0.6) is 0 Å². The van der Waals surface area contributed by atoms with Gasteiger partial charge in [0.15, 0.2) is 0 Å². The lowest BCUT2D eigenvalue weighted by Gasteiger charge is -2.30. The first-order valence-corrected chi connectivity index (χ1v) is 10.2. The third kappa shape index (κ3) is 5.45. The summed E-state index contributed by atoms with van der Waals surface area (Å²) in [7, 11) is -3.78. The highest BCUT2D eigenvalue weighted by Crippen LogP contribution is 2.23. The van der Waals surface area contributed by atoms with E-state index in [0.29, 0.717) is 17.2 Å². The number of aliphatic hydroxyl groups excluding tert-OH is 1. The molecular weight excluding hydrogens is 374 g/mol. The first-order chi connectivity index (χ1) is 12.3. The molecule has 1 atom stereocenters. The maximum atomic E-state index is 13.1. The molecule has 0 radical (unpaired) electrons. The Morgan fingerprint density at radius 3 is 2.46 bits per heavy atom. The minimum Gasteiger partial charge on any atom is -0.465 e. The van der Waals surface area contributed by atoms with E-state index in [9.17, 15) is 13.5 Å². The van der Waals surface area contributed by atoms with Gasteiger partial charge in [-0.1, -0.05) is 31.5 Å². The van der Waals surface area contributed by atoms with Gasteiger partial charge in [-0.15, -0.1) is 0 Å². The Morgan fingerprint density at radius 2 is 1.92 bits per heavy atom. The molecule has 1 N–H and O–H groups in total. The molecule has 0 bridgehead atoms. The maximum absolute atomic E-state index is 13.1. The Kier molecular flexibility index (Phi) is 7.46. The fraction of sp³-hybridized carbons (Fsp3) is 0.368. The average Bonchev–Trinajstić information content (AvgIpc) is 3.10. The SMILES string of the molecule is CC(C)C[C@H](CO)N(CC=Cc1ccco1)S(=O)(=O)c1ccc(Cl)cc1. The second kappa shape index (κ2) is 9.37. The highest BCUT2D eigenvalue weighted by molar-refractivity contribution is 7.89. The van der Waals surface area contributed by atoms with Crippen LogP contribution in [0, 0.1) is 5.92 Å². The van der Waals surface area contributed by atoms with Crippen LogP contribution < -0.4 is 0 Å². The van der Waals surface area contributed by atoms with E-state index in [0.717, 1.165) is 0 Å². The number of hydrogen-bond acceptors (Lipinski definition) is 4. The van der Waals surface area contributed by atoms with Crippen molar-refractivity contribution in [3.63, 3.8) is 0 Å². The van der Waals surface area contributed by atoms with Crippen LogP contribution in [0.3, 0.4) is 0 Å². The molecule has 26 heavy (non-hydrogen) atoms. The Morgan fingerprint density at radius 1 is 1.23 bits per heavy atom. The monoisotopic (exact) mass is 397 g/mol. The highest BCUT2D eigenvalue weighted by Gasteiger charge is 2.30. The van der Waals surface area contributed by atoms with Gasteiger partial charge in [0, 0.05) is 17.6 Å². The summed E-state index contributed by atoms with van der Waals surface area (Å²) < 4.78 is 32.8. The molecule has 2 rings (SSSR count). The average molecular weight is 398 g/mol. The van der Waals surface area contributed by atoms with E-state index < -0.39 is 16.1 Å². The van der Waals surface area contributed by atoms with Gasteiger partial charge in [-0.3, -0.25) is 0 Å². The van der Waals surface area contributed by atoms with E-state index in [1.54, 1.807) is 42.7 Å². The van der Waals surface area contributed by atoms with Crippen molar-refractivity contribution >= 4 is 27.7 Å². The van der Waals surface area contributed by atoms with E-state index in [2.05, 4.69) is 0 Å². The van der Waals surface area contributed by atoms with E-state index in [-0.39, 0.29) is 24.0 Å². The van der Waals surface area contributed by atoms with Crippen LogP contribution in [0.2, 0.25) is 5.02 Å². The quantitative estimate of drug-likeness (QED) is 0.693. The summed E-state index contributed by atoms with van der Waals surface area (Å²) in [6, 6.07) is 9.07. The van der Waals surface area contributed by atoms with Crippen molar-refractivity contribution in [3.05, 3.63) is 59.5 Å². The van der Waals surface area contributed by atoms with Gasteiger partial charge < -0.3 is 9.52 Å². The molecule has 2 aromatic rings. The largest absolute Gasteiger partial charge is 0.465 e. The van der Waals surface area contributed by atoms with Gasteiger partial charge in [-0.25, -0.2) is 8.42 Å². The van der Waals surface area contributed by atoms with E-state index in [1.165, 1.54) is 16.4 Å². The molecule has 5 nitrogen and oxygen atoms in total. The normalized spacial score (nSPS) is 13.8. The summed E-state index contributed by atoms with van der Waals surface area (Å²) in [6.45, 7) is 3.87. The molecule has 0 aliphatic heterocycles. The summed E-state index contributed by atoms with van der Waals surface area (Å²) in [5.41, 5.74) is 0. The molecule has 0 unspecified atom stereocenters. The number of hydrogen-bond donors (Lipinski definition) is 1. The van der Waals surface area contributed by atoms with E-state index in [1.807, 2.05) is 13.8 Å². The third-order valence-electron chi connectivity index (χ3n) is 3.89. The van der Waals surface area contributed by atoms with Gasteiger partial charge in [0.25, 0.3) is 0 Å². The molecule has 0 aliphatic rings. The van der Waals surface area contributed by atoms with Crippen molar-refractivity contribution in [2.75, 3.05) is 13.2 Å². The lowest BCUT2D eigenvalue weighted by Crippen LogP contribution is -2.43. The van der Waals surface area contributed by atoms with Crippen LogP contribution in [0.1, 0.15) is 26.0 Å². The molecule has 0 spiro atoms. The zero-order valence-corrected chi connectivity index (χ0v) is 16.4. The van der Waals surface area contributed by atoms with E-state index in [4.69, 9.17) is 16.0 Å². The number of halogens is 1. The number of rotatable bonds is 9. The second-order valence-electron chi connectivity index (χ2n) is 6.41. The predicted molar refractivity (Wildman–Crippen MR) is 103 cm³/mol. The Bertz CT molecular complexity index is 799. The number of furan rings is 1. The van der Waals surface area contributed by atoms with Crippen LogP contribution in [0.15, 0.2) is 58.1 Å². The molecule has 0 fully saturated rings.